The number of nitrogens with zero attached hydrogens (tertiary/aromatic N) is 1. The number of rotatable bonds is 0. The first-order valence-corrected chi connectivity index (χ1v) is 5.65. The first-order chi connectivity index (χ1) is 6.43. The van der Waals surface area contributed by atoms with Gasteiger partial charge in [0, 0.05) is 19.1 Å². The summed E-state index contributed by atoms with van der Waals surface area (Å²) in [6.45, 7) is 4.22. The molecule has 0 radical (unpaired) electrons. The third kappa shape index (κ3) is 3.16. The fraction of sp³-hybridized carbons (Fsp3) is 0.875. The Bertz CT molecular complexity index is 217. The molecule has 14 heavy (non-hydrogen) atoms. The molecule has 1 aliphatic heterocycles. The van der Waals surface area contributed by atoms with Crippen molar-refractivity contribution in [3.63, 3.8) is 0 Å². The number of alkyl halides is 3. The molecule has 1 heterocycles. The van der Waals surface area contributed by atoms with Crippen molar-refractivity contribution >= 4 is 40.7 Å². The summed E-state index contributed by atoms with van der Waals surface area (Å²) in [5, 5.41) is 3.21. The largest absolute Gasteiger partial charge is 0.335 e. The van der Waals surface area contributed by atoms with E-state index in [9.17, 15) is 4.79 Å². The summed E-state index contributed by atoms with van der Waals surface area (Å²) in [6.07, 6.45) is 0.886. The molecule has 1 N–H and O–H groups in total. The number of nitrogens with one attached hydrogen (secondary N) is 1. The van der Waals surface area contributed by atoms with E-state index in [1.165, 1.54) is 0 Å². The number of carbonyl (C=O) groups excluding carboxylic acids is 1. The van der Waals surface area contributed by atoms with E-state index in [1.54, 1.807) is 4.90 Å². The van der Waals surface area contributed by atoms with Gasteiger partial charge in [0.2, 0.25) is 0 Å². The van der Waals surface area contributed by atoms with Gasteiger partial charge in [-0.15, -0.1) is 0 Å². The highest BCUT2D eigenvalue weighted by molar-refractivity contribution is 6.76. The van der Waals surface area contributed by atoms with Crippen LogP contribution in [0.3, 0.4) is 0 Å². The molecular formula is C8H13Cl3N2O. The number of hydrogen-bond acceptors (Lipinski definition) is 2. The van der Waals surface area contributed by atoms with Crippen LogP contribution in [0.4, 0.5) is 0 Å². The van der Waals surface area contributed by atoms with E-state index in [0.717, 1.165) is 19.5 Å². The Morgan fingerprint density at radius 3 is 2.71 bits per heavy atom. The minimum absolute atomic E-state index is 0.0700. The van der Waals surface area contributed by atoms with E-state index in [0.29, 0.717) is 6.54 Å². The zero-order chi connectivity index (χ0) is 10.8. The molecule has 1 fully saturated rings. The van der Waals surface area contributed by atoms with Crippen molar-refractivity contribution in [2.75, 3.05) is 19.6 Å². The van der Waals surface area contributed by atoms with Crippen molar-refractivity contribution in [1.82, 2.24) is 10.2 Å². The number of amides is 1. The molecule has 1 atom stereocenters. The van der Waals surface area contributed by atoms with Gasteiger partial charge < -0.3 is 10.2 Å². The quantitative estimate of drug-likeness (QED) is 0.670. The van der Waals surface area contributed by atoms with E-state index in [4.69, 9.17) is 34.8 Å². The minimum Gasteiger partial charge on any atom is -0.335 e. The zero-order valence-corrected chi connectivity index (χ0v) is 10.2. The third-order valence-corrected chi connectivity index (χ3v) is 2.71. The number of halogens is 3. The summed E-state index contributed by atoms with van der Waals surface area (Å²) in [5.74, 6) is -0.432. The van der Waals surface area contributed by atoms with Crippen LogP contribution in [0.5, 0.6) is 0 Å². The first kappa shape index (κ1) is 12.4. The Hall–Kier alpha value is 0.300. The lowest BCUT2D eigenvalue weighted by atomic mass is 10.3. The summed E-state index contributed by atoms with van der Waals surface area (Å²) in [4.78, 5) is 13.3. The Morgan fingerprint density at radius 2 is 2.14 bits per heavy atom. The molecule has 0 spiro atoms. The molecule has 3 nitrogen and oxygen atoms in total. The SMILES string of the molecule is CC1CNCCCN1C(=O)C(Cl)(Cl)Cl. The molecule has 0 aromatic carbocycles. The van der Waals surface area contributed by atoms with E-state index < -0.39 is 9.70 Å². The van der Waals surface area contributed by atoms with Crippen LogP contribution in [0.15, 0.2) is 0 Å². The Balaban J connectivity index is 2.69. The van der Waals surface area contributed by atoms with E-state index in [2.05, 4.69) is 5.32 Å². The van der Waals surface area contributed by atoms with Gasteiger partial charge in [-0.25, -0.2) is 0 Å². The van der Waals surface area contributed by atoms with E-state index in [-0.39, 0.29) is 6.04 Å². The summed E-state index contributed by atoms with van der Waals surface area (Å²) >= 11 is 16.7. The monoisotopic (exact) mass is 258 g/mol. The highest BCUT2D eigenvalue weighted by Crippen LogP contribution is 2.29. The fourth-order valence-electron chi connectivity index (χ4n) is 1.48. The summed E-state index contributed by atoms with van der Waals surface area (Å²) in [6, 6.07) is 0.0700. The van der Waals surface area contributed by atoms with Gasteiger partial charge in [0.25, 0.3) is 9.70 Å². The molecule has 82 valence electrons. The fourth-order valence-corrected chi connectivity index (χ4v) is 1.81. The van der Waals surface area contributed by atoms with Crippen molar-refractivity contribution in [1.29, 1.82) is 0 Å². The Kier molecular flexibility index (Phi) is 4.31. The van der Waals surface area contributed by atoms with Gasteiger partial charge in [0.15, 0.2) is 0 Å². The lowest BCUT2D eigenvalue weighted by molar-refractivity contribution is -0.131. The van der Waals surface area contributed by atoms with Crippen molar-refractivity contribution < 1.29 is 4.79 Å². The van der Waals surface area contributed by atoms with Crippen LogP contribution in [0.25, 0.3) is 0 Å². The topological polar surface area (TPSA) is 32.3 Å². The predicted molar refractivity (Wildman–Crippen MR) is 59.0 cm³/mol. The average Bonchev–Trinajstić information content (AvgIpc) is 2.27. The van der Waals surface area contributed by atoms with Crippen LogP contribution < -0.4 is 5.32 Å². The maximum Gasteiger partial charge on any atom is 0.275 e. The smallest absolute Gasteiger partial charge is 0.275 e. The van der Waals surface area contributed by atoms with Gasteiger partial charge in [-0.05, 0) is 19.9 Å². The van der Waals surface area contributed by atoms with Crippen LogP contribution in [-0.2, 0) is 4.79 Å². The molecule has 1 unspecified atom stereocenters. The van der Waals surface area contributed by atoms with Crippen molar-refractivity contribution in [2.24, 2.45) is 0 Å². The van der Waals surface area contributed by atoms with Gasteiger partial charge in [-0.2, -0.15) is 0 Å². The van der Waals surface area contributed by atoms with Crippen LogP contribution in [0, 0.1) is 0 Å². The second-order valence-electron chi connectivity index (χ2n) is 3.40. The lowest BCUT2D eigenvalue weighted by Gasteiger charge is -2.29. The maximum atomic E-state index is 11.7. The molecule has 1 amide bonds. The molecule has 1 rings (SSSR count). The van der Waals surface area contributed by atoms with Crippen LogP contribution in [-0.4, -0.2) is 40.3 Å². The molecule has 1 saturated heterocycles. The standard InChI is InChI=1S/C8H13Cl3N2O/c1-6-5-12-3-2-4-13(6)7(14)8(9,10)11/h6,12H,2-5H2,1H3. The normalized spacial score (nSPS) is 24.6. The zero-order valence-electron chi connectivity index (χ0n) is 7.90. The van der Waals surface area contributed by atoms with Crippen molar-refractivity contribution in [3.8, 4) is 0 Å². The molecule has 0 bridgehead atoms. The molecular weight excluding hydrogens is 246 g/mol. The average molecular weight is 260 g/mol. The van der Waals surface area contributed by atoms with Gasteiger partial charge in [0.1, 0.15) is 0 Å². The van der Waals surface area contributed by atoms with Crippen molar-refractivity contribution in [2.45, 2.75) is 23.2 Å². The molecule has 0 aromatic rings. The van der Waals surface area contributed by atoms with Crippen molar-refractivity contribution in [3.05, 3.63) is 0 Å². The Labute approximate surface area is 98.7 Å². The molecule has 0 aliphatic carbocycles. The summed E-state index contributed by atoms with van der Waals surface area (Å²) in [7, 11) is 0. The second kappa shape index (κ2) is 4.88. The van der Waals surface area contributed by atoms with Gasteiger partial charge in [0.05, 0.1) is 0 Å². The predicted octanol–water partition coefficient (Wildman–Crippen LogP) is 1.57. The number of carbonyl (C=O) groups is 1. The molecule has 0 aromatic heterocycles. The lowest BCUT2D eigenvalue weighted by Crippen LogP contribution is -2.46. The second-order valence-corrected chi connectivity index (χ2v) is 5.68. The molecule has 1 aliphatic rings. The van der Waals surface area contributed by atoms with E-state index in [1.807, 2.05) is 6.92 Å². The summed E-state index contributed by atoms with van der Waals surface area (Å²) < 4.78 is -1.83. The Morgan fingerprint density at radius 1 is 1.50 bits per heavy atom. The first-order valence-electron chi connectivity index (χ1n) is 4.51. The van der Waals surface area contributed by atoms with Crippen LogP contribution >= 0.6 is 34.8 Å². The summed E-state index contributed by atoms with van der Waals surface area (Å²) in [5.41, 5.74) is 0. The third-order valence-electron chi connectivity index (χ3n) is 2.23. The minimum atomic E-state index is -1.83. The molecule has 0 saturated carbocycles. The van der Waals surface area contributed by atoms with Crippen LogP contribution in [0.2, 0.25) is 0 Å². The molecule has 6 heteroatoms. The highest BCUT2D eigenvalue weighted by Gasteiger charge is 2.37. The van der Waals surface area contributed by atoms with Crippen LogP contribution in [0.1, 0.15) is 13.3 Å². The maximum absolute atomic E-state index is 11.7. The highest BCUT2D eigenvalue weighted by atomic mass is 35.6. The number of hydrogen-bond donors (Lipinski definition) is 1. The van der Waals surface area contributed by atoms with Gasteiger partial charge >= 0.3 is 0 Å². The van der Waals surface area contributed by atoms with Gasteiger partial charge in [-0.1, -0.05) is 34.8 Å². The van der Waals surface area contributed by atoms with Gasteiger partial charge in [-0.3, -0.25) is 4.79 Å². The van der Waals surface area contributed by atoms with E-state index >= 15 is 0 Å².